The SMILES string of the molecule is CCNC(=NCCN1CCN(C(=O)C2CCC2)CC1)N1CCN(C(C)C(F)(F)F)CC1. The minimum atomic E-state index is -4.19. The topological polar surface area (TPSA) is 54.4 Å². The van der Waals surface area contributed by atoms with Crippen LogP contribution >= 0.6 is 0 Å². The number of rotatable bonds is 6. The van der Waals surface area contributed by atoms with Crippen LogP contribution in [0.4, 0.5) is 13.2 Å². The lowest BCUT2D eigenvalue weighted by atomic mass is 9.84. The van der Waals surface area contributed by atoms with Gasteiger partial charge in [0.2, 0.25) is 5.91 Å². The molecule has 2 heterocycles. The standard InChI is InChI=1S/C21H37F3N6O/c1-3-25-20(30-15-13-28(14-16-30)17(2)21(22,23)24)26-7-8-27-9-11-29(12-10-27)19(31)18-5-4-6-18/h17-18H,3-16H2,1-2H3,(H,25,26). The summed E-state index contributed by atoms with van der Waals surface area (Å²) in [4.78, 5) is 25.0. The zero-order valence-corrected chi connectivity index (χ0v) is 18.8. The van der Waals surface area contributed by atoms with Crippen molar-refractivity contribution in [2.24, 2.45) is 10.9 Å². The van der Waals surface area contributed by atoms with Crippen molar-refractivity contribution in [3.05, 3.63) is 0 Å². The van der Waals surface area contributed by atoms with Gasteiger partial charge >= 0.3 is 6.18 Å². The molecule has 3 aliphatic rings. The molecule has 1 unspecified atom stereocenters. The van der Waals surface area contributed by atoms with E-state index in [4.69, 9.17) is 4.99 Å². The highest BCUT2D eigenvalue weighted by molar-refractivity contribution is 5.80. The van der Waals surface area contributed by atoms with Crippen molar-refractivity contribution in [2.45, 2.75) is 45.3 Å². The molecule has 10 heteroatoms. The van der Waals surface area contributed by atoms with E-state index in [9.17, 15) is 18.0 Å². The lowest BCUT2D eigenvalue weighted by molar-refractivity contribution is -0.181. The van der Waals surface area contributed by atoms with E-state index in [0.29, 0.717) is 38.6 Å². The van der Waals surface area contributed by atoms with E-state index in [2.05, 4.69) is 15.1 Å². The average molecular weight is 447 g/mol. The first-order chi connectivity index (χ1) is 14.8. The van der Waals surface area contributed by atoms with Crippen LogP contribution in [0, 0.1) is 5.92 Å². The molecular formula is C21H37F3N6O. The van der Waals surface area contributed by atoms with Crippen LogP contribution in [0.2, 0.25) is 0 Å². The molecule has 2 aliphatic heterocycles. The Kier molecular flexibility index (Phi) is 8.43. The number of alkyl halides is 3. The fourth-order valence-corrected chi connectivity index (χ4v) is 4.36. The monoisotopic (exact) mass is 446 g/mol. The van der Waals surface area contributed by atoms with Gasteiger partial charge in [-0.05, 0) is 26.7 Å². The molecule has 7 nitrogen and oxygen atoms in total. The van der Waals surface area contributed by atoms with Crippen molar-refractivity contribution in [3.63, 3.8) is 0 Å². The molecule has 3 rings (SSSR count). The highest BCUT2D eigenvalue weighted by atomic mass is 19.4. The predicted molar refractivity (Wildman–Crippen MR) is 115 cm³/mol. The van der Waals surface area contributed by atoms with E-state index < -0.39 is 12.2 Å². The first-order valence-corrected chi connectivity index (χ1v) is 11.6. The van der Waals surface area contributed by atoms with Crippen LogP contribution in [-0.4, -0.2) is 116 Å². The van der Waals surface area contributed by atoms with Gasteiger partial charge in [-0.3, -0.25) is 19.6 Å². The van der Waals surface area contributed by atoms with Crippen molar-refractivity contribution in [1.82, 2.24) is 24.9 Å². The van der Waals surface area contributed by atoms with Gasteiger partial charge in [-0.2, -0.15) is 13.2 Å². The van der Waals surface area contributed by atoms with Gasteiger partial charge < -0.3 is 15.1 Å². The lowest BCUT2D eigenvalue weighted by Crippen LogP contribution is -2.56. The molecule has 3 fully saturated rings. The number of carbonyl (C=O) groups is 1. The number of piperazine rings is 2. The molecule has 0 radical (unpaired) electrons. The van der Waals surface area contributed by atoms with Gasteiger partial charge in [0.05, 0.1) is 6.54 Å². The third kappa shape index (κ3) is 6.47. The molecule has 1 amide bonds. The van der Waals surface area contributed by atoms with Crippen molar-refractivity contribution in [2.75, 3.05) is 72.0 Å². The highest BCUT2D eigenvalue weighted by Crippen LogP contribution is 2.28. The number of guanidine groups is 1. The van der Waals surface area contributed by atoms with Crippen molar-refractivity contribution < 1.29 is 18.0 Å². The number of nitrogens with zero attached hydrogens (tertiary/aromatic N) is 5. The van der Waals surface area contributed by atoms with Crippen LogP contribution in [0.25, 0.3) is 0 Å². The Morgan fingerprint density at radius 2 is 1.65 bits per heavy atom. The largest absolute Gasteiger partial charge is 0.403 e. The number of nitrogens with one attached hydrogen (secondary N) is 1. The van der Waals surface area contributed by atoms with Crippen LogP contribution in [0.15, 0.2) is 4.99 Å². The summed E-state index contributed by atoms with van der Waals surface area (Å²) in [5, 5.41) is 3.28. The smallest absolute Gasteiger partial charge is 0.357 e. The van der Waals surface area contributed by atoms with E-state index >= 15 is 0 Å². The third-order valence-corrected chi connectivity index (χ3v) is 6.79. The molecule has 2 saturated heterocycles. The second-order valence-corrected chi connectivity index (χ2v) is 8.77. The quantitative estimate of drug-likeness (QED) is 0.495. The van der Waals surface area contributed by atoms with Crippen LogP contribution < -0.4 is 5.32 Å². The molecular weight excluding hydrogens is 409 g/mol. The minimum Gasteiger partial charge on any atom is -0.357 e. The van der Waals surface area contributed by atoms with Gasteiger partial charge in [0, 0.05) is 71.4 Å². The van der Waals surface area contributed by atoms with E-state index in [1.807, 2.05) is 11.8 Å². The zero-order valence-electron chi connectivity index (χ0n) is 18.8. The van der Waals surface area contributed by atoms with Gasteiger partial charge in [0.1, 0.15) is 6.04 Å². The van der Waals surface area contributed by atoms with Crippen molar-refractivity contribution in [3.8, 4) is 0 Å². The molecule has 31 heavy (non-hydrogen) atoms. The molecule has 0 aromatic carbocycles. The predicted octanol–water partition coefficient (Wildman–Crippen LogP) is 1.46. The maximum absolute atomic E-state index is 13.0. The number of amides is 1. The van der Waals surface area contributed by atoms with E-state index in [0.717, 1.165) is 58.1 Å². The summed E-state index contributed by atoms with van der Waals surface area (Å²) >= 11 is 0. The minimum absolute atomic E-state index is 0.262. The third-order valence-electron chi connectivity index (χ3n) is 6.79. The number of halogens is 3. The first-order valence-electron chi connectivity index (χ1n) is 11.6. The zero-order chi connectivity index (χ0) is 22.4. The molecule has 178 valence electrons. The summed E-state index contributed by atoms with van der Waals surface area (Å²) in [5.74, 6) is 1.37. The summed E-state index contributed by atoms with van der Waals surface area (Å²) in [6.07, 6.45) is -0.916. The Morgan fingerprint density at radius 3 is 2.16 bits per heavy atom. The Morgan fingerprint density at radius 1 is 1.03 bits per heavy atom. The highest BCUT2D eigenvalue weighted by Gasteiger charge is 2.41. The summed E-state index contributed by atoms with van der Waals surface area (Å²) < 4.78 is 38.9. The Labute approximate surface area is 183 Å². The van der Waals surface area contributed by atoms with Gasteiger partial charge in [0.15, 0.2) is 5.96 Å². The molecule has 1 saturated carbocycles. The van der Waals surface area contributed by atoms with Gasteiger partial charge in [-0.25, -0.2) is 0 Å². The normalized spacial score (nSPS) is 23.6. The number of hydrogen-bond donors (Lipinski definition) is 1. The second-order valence-electron chi connectivity index (χ2n) is 8.77. The summed E-state index contributed by atoms with van der Waals surface area (Å²) in [5.41, 5.74) is 0. The number of carbonyl (C=O) groups excluding carboxylic acids is 1. The fourth-order valence-electron chi connectivity index (χ4n) is 4.36. The van der Waals surface area contributed by atoms with E-state index in [1.54, 1.807) is 0 Å². The molecule has 0 aromatic rings. The molecule has 1 atom stereocenters. The van der Waals surface area contributed by atoms with Gasteiger partial charge in [-0.15, -0.1) is 0 Å². The Balaban J connectivity index is 1.41. The summed E-state index contributed by atoms with van der Waals surface area (Å²) in [6.45, 7) is 10.6. The van der Waals surface area contributed by atoms with E-state index in [-0.39, 0.29) is 5.92 Å². The van der Waals surface area contributed by atoms with E-state index in [1.165, 1.54) is 18.2 Å². The second kappa shape index (κ2) is 10.8. The van der Waals surface area contributed by atoms with Gasteiger partial charge in [-0.1, -0.05) is 6.42 Å². The van der Waals surface area contributed by atoms with Gasteiger partial charge in [0.25, 0.3) is 0 Å². The Hall–Kier alpha value is -1.55. The maximum atomic E-state index is 13.0. The fraction of sp³-hybridized carbons (Fsp3) is 0.905. The van der Waals surface area contributed by atoms with Crippen LogP contribution in [0.3, 0.4) is 0 Å². The summed E-state index contributed by atoms with van der Waals surface area (Å²) in [6, 6.07) is -1.41. The Bertz CT molecular complexity index is 609. The molecule has 1 aliphatic carbocycles. The molecule has 0 aromatic heterocycles. The van der Waals surface area contributed by atoms with Crippen LogP contribution in [0.5, 0.6) is 0 Å². The van der Waals surface area contributed by atoms with Crippen molar-refractivity contribution in [1.29, 1.82) is 0 Å². The summed E-state index contributed by atoms with van der Waals surface area (Å²) in [7, 11) is 0. The molecule has 0 spiro atoms. The lowest BCUT2D eigenvalue weighted by Gasteiger charge is -2.40. The number of aliphatic imine (C=N–C) groups is 1. The number of hydrogen-bond acceptors (Lipinski definition) is 4. The molecule has 1 N–H and O–H groups in total. The van der Waals surface area contributed by atoms with Crippen molar-refractivity contribution >= 4 is 11.9 Å². The molecule has 0 bridgehead atoms. The van der Waals surface area contributed by atoms with Crippen LogP contribution in [-0.2, 0) is 4.79 Å². The van der Waals surface area contributed by atoms with Crippen LogP contribution in [0.1, 0.15) is 33.1 Å². The average Bonchev–Trinajstić information content (AvgIpc) is 2.71. The first kappa shape index (κ1) is 24.1. The maximum Gasteiger partial charge on any atom is 0.403 e.